The van der Waals surface area contributed by atoms with Crippen LogP contribution in [0.4, 0.5) is 0 Å². The van der Waals surface area contributed by atoms with Crippen molar-refractivity contribution in [2.24, 2.45) is 0 Å². The lowest BCUT2D eigenvalue weighted by Crippen LogP contribution is -2.46. The van der Waals surface area contributed by atoms with E-state index in [1.54, 1.807) is 44.2 Å². The van der Waals surface area contributed by atoms with E-state index in [0.717, 1.165) is 0 Å². The number of benzene rings is 1. The fraction of sp³-hybridized carbons (Fsp3) is 0.333. The lowest BCUT2D eigenvalue weighted by atomic mass is 10.0. The van der Waals surface area contributed by atoms with Crippen molar-refractivity contribution in [3.05, 3.63) is 70.5 Å². The van der Waals surface area contributed by atoms with Gasteiger partial charge in [0.15, 0.2) is 17.1 Å². The summed E-state index contributed by atoms with van der Waals surface area (Å²) in [5, 5.41) is 5.97. The summed E-state index contributed by atoms with van der Waals surface area (Å²) in [4.78, 5) is 24.8. The van der Waals surface area contributed by atoms with Crippen LogP contribution in [0.3, 0.4) is 0 Å². The number of halogens is 1. The largest absolute Gasteiger partial charge is 0.489 e. The van der Waals surface area contributed by atoms with Crippen LogP contribution in [0.1, 0.15) is 34.6 Å². The van der Waals surface area contributed by atoms with Crippen LogP contribution in [0.25, 0.3) is 0 Å². The van der Waals surface area contributed by atoms with Crippen molar-refractivity contribution in [1.29, 1.82) is 0 Å². The van der Waals surface area contributed by atoms with Gasteiger partial charge in [0.2, 0.25) is 5.79 Å². The van der Waals surface area contributed by atoms with Gasteiger partial charge in [0.1, 0.15) is 12.9 Å². The summed E-state index contributed by atoms with van der Waals surface area (Å²) in [7, 11) is 0. The van der Waals surface area contributed by atoms with Gasteiger partial charge >= 0.3 is 0 Å². The molecule has 1 atom stereocenters. The van der Waals surface area contributed by atoms with Gasteiger partial charge in [-0.3, -0.25) is 9.59 Å². The molecule has 1 fully saturated rings. The first-order valence-electron chi connectivity index (χ1n) is 9.38. The zero-order chi connectivity index (χ0) is 21.4. The Hall–Kier alpha value is -2.97. The highest BCUT2D eigenvalue weighted by Crippen LogP contribution is 2.45. The number of furan rings is 1. The average molecular weight is 433 g/mol. The number of ether oxygens (including phenoxy) is 3. The van der Waals surface area contributed by atoms with Crippen LogP contribution < -0.4 is 10.6 Å². The molecule has 0 spiro atoms. The summed E-state index contributed by atoms with van der Waals surface area (Å²) in [6.45, 7) is 3.93. The molecule has 3 heterocycles. The van der Waals surface area contributed by atoms with E-state index >= 15 is 0 Å². The third-order valence-electron chi connectivity index (χ3n) is 4.78. The van der Waals surface area contributed by atoms with Gasteiger partial charge in [-0.2, -0.15) is 0 Å². The molecule has 158 valence electrons. The predicted molar refractivity (Wildman–Crippen MR) is 107 cm³/mol. The summed E-state index contributed by atoms with van der Waals surface area (Å²) in [6.07, 6.45) is 2.79. The van der Waals surface area contributed by atoms with Gasteiger partial charge in [-0.1, -0.05) is 23.7 Å². The van der Waals surface area contributed by atoms with Crippen molar-refractivity contribution >= 4 is 23.4 Å². The van der Waals surface area contributed by atoms with Gasteiger partial charge in [-0.25, -0.2) is 0 Å². The third kappa shape index (κ3) is 3.88. The molecule has 0 saturated carbocycles. The molecule has 0 bridgehead atoms. The maximum Gasteiger partial charge on any atom is 0.254 e. The smallest absolute Gasteiger partial charge is 0.254 e. The summed E-state index contributed by atoms with van der Waals surface area (Å²) in [5.41, 5.74) is -0.209. The molecule has 0 unspecified atom stereocenters. The van der Waals surface area contributed by atoms with E-state index in [4.69, 9.17) is 30.2 Å². The lowest BCUT2D eigenvalue weighted by molar-refractivity contribution is -0.170. The van der Waals surface area contributed by atoms with Crippen LogP contribution in [-0.4, -0.2) is 42.9 Å². The normalized spacial score (nSPS) is 21.6. The Bertz CT molecular complexity index is 1000. The summed E-state index contributed by atoms with van der Waals surface area (Å²) < 4.78 is 22.8. The molecule has 8 nitrogen and oxygen atoms in total. The standard InChI is InChI=1S/C21H21ClN2O6/c1-20(2)29-17-16(9-23-19(26)14-5-3-4-6-15(14)22)28-12-21(17,30-20)11-24-18(25)13-7-8-27-10-13/h3-8,10H,9,11-12H2,1-2H3,(H,23,26)(H,24,25)/t21-/m0/s1. The van der Waals surface area contributed by atoms with E-state index in [2.05, 4.69) is 10.6 Å². The Balaban J connectivity index is 1.48. The highest BCUT2D eigenvalue weighted by molar-refractivity contribution is 6.33. The quantitative estimate of drug-likeness (QED) is 0.728. The topological polar surface area (TPSA) is 99.0 Å². The second-order valence-electron chi connectivity index (χ2n) is 7.50. The minimum atomic E-state index is -0.979. The number of carbonyl (C=O) groups excluding carboxylic acids is 2. The van der Waals surface area contributed by atoms with Crippen molar-refractivity contribution < 1.29 is 28.2 Å². The molecule has 1 aromatic heterocycles. The molecule has 1 aromatic carbocycles. The van der Waals surface area contributed by atoms with Crippen molar-refractivity contribution in [2.75, 3.05) is 19.7 Å². The highest BCUT2D eigenvalue weighted by Gasteiger charge is 2.56. The Kier molecular flexibility index (Phi) is 5.21. The number of fused-ring (bicyclic) bond motifs is 1. The van der Waals surface area contributed by atoms with Crippen LogP contribution in [0.15, 0.2) is 58.8 Å². The first-order valence-corrected chi connectivity index (χ1v) is 9.76. The van der Waals surface area contributed by atoms with E-state index in [-0.39, 0.29) is 31.5 Å². The molecule has 2 aliphatic rings. The van der Waals surface area contributed by atoms with Crippen LogP contribution in [0.5, 0.6) is 0 Å². The Morgan fingerprint density at radius 1 is 1.13 bits per heavy atom. The molecule has 4 rings (SSSR count). The molecule has 1 saturated heterocycles. The molecular weight excluding hydrogens is 412 g/mol. The summed E-state index contributed by atoms with van der Waals surface area (Å²) in [6, 6.07) is 8.34. The number of amides is 2. The lowest BCUT2D eigenvalue weighted by Gasteiger charge is -2.24. The minimum Gasteiger partial charge on any atom is -0.489 e. The fourth-order valence-corrected chi connectivity index (χ4v) is 3.69. The minimum absolute atomic E-state index is 0.0935. The molecule has 2 aliphatic heterocycles. The molecule has 9 heteroatoms. The van der Waals surface area contributed by atoms with Gasteiger partial charge in [-0.05, 0) is 18.2 Å². The first kappa shape index (κ1) is 20.3. The number of hydrogen-bond acceptors (Lipinski definition) is 6. The second-order valence-corrected chi connectivity index (χ2v) is 7.90. The van der Waals surface area contributed by atoms with E-state index in [0.29, 0.717) is 27.7 Å². The number of nitrogens with one attached hydrogen (secondary N) is 2. The number of hydrogen-bond donors (Lipinski definition) is 2. The summed E-state index contributed by atoms with van der Waals surface area (Å²) >= 11 is 6.08. The van der Waals surface area contributed by atoms with Crippen LogP contribution in [-0.2, 0) is 14.2 Å². The molecule has 2 aromatic rings. The van der Waals surface area contributed by atoms with Gasteiger partial charge in [0.25, 0.3) is 11.8 Å². The maximum absolute atomic E-state index is 12.5. The van der Waals surface area contributed by atoms with E-state index in [9.17, 15) is 9.59 Å². The van der Waals surface area contributed by atoms with Crippen molar-refractivity contribution in [3.8, 4) is 0 Å². The fourth-order valence-electron chi connectivity index (χ4n) is 3.47. The van der Waals surface area contributed by atoms with E-state index < -0.39 is 11.4 Å². The highest BCUT2D eigenvalue weighted by atomic mass is 35.5. The molecule has 30 heavy (non-hydrogen) atoms. The van der Waals surface area contributed by atoms with Crippen LogP contribution in [0, 0.1) is 0 Å². The third-order valence-corrected chi connectivity index (χ3v) is 5.11. The number of carbonyl (C=O) groups is 2. The zero-order valence-electron chi connectivity index (χ0n) is 16.5. The summed E-state index contributed by atoms with van der Waals surface area (Å²) in [5.74, 6) is -0.636. The van der Waals surface area contributed by atoms with E-state index in [1.165, 1.54) is 12.5 Å². The molecule has 0 radical (unpaired) electrons. The SMILES string of the molecule is CC1(C)OC2=C(CNC(=O)c3ccccc3Cl)OC[C@]2(CNC(=O)c2ccoc2)O1. The van der Waals surface area contributed by atoms with Gasteiger partial charge in [0, 0.05) is 13.8 Å². The Labute approximate surface area is 178 Å². The zero-order valence-corrected chi connectivity index (χ0v) is 17.2. The predicted octanol–water partition coefficient (Wildman–Crippen LogP) is 2.86. The van der Waals surface area contributed by atoms with Crippen LogP contribution >= 0.6 is 11.6 Å². The molecule has 0 aliphatic carbocycles. The second kappa shape index (κ2) is 7.70. The molecular formula is C21H21ClN2O6. The average Bonchev–Trinajstić information content (AvgIpc) is 3.40. The van der Waals surface area contributed by atoms with Crippen molar-refractivity contribution in [3.63, 3.8) is 0 Å². The Morgan fingerprint density at radius 2 is 1.93 bits per heavy atom. The Morgan fingerprint density at radius 3 is 2.67 bits per heavy atom. The van der Waals surface area contributed by atoms with E-state index in [1.807, 2.05) is 0 Å². The van der Waals surface area contributed by atoms with Crippen molar-refractivity contribution in [1.82, 2.24) is 10.6 Å². The van der Waals surface area contributed by atoms with Gasteiger partial charge in [0.05, 0.1) is 35.5 Å². The number of rotatable bonds is 6. The first-order chi connectivity index (χ1) is 14.3. The molecule has 2 N–H and O–H groups in total. The van der Waals surface area contributed by atoms with Gasteiger partial charge in [-0.15, -0.1) is 0 Å². The van der Waals surface area contributed by atoms with Crippen LogP contribution in [0.2, 0.25) is 5.02 Å². The van der Waals surface area contributed by atoms with Gasteiger partial charge < -0.3 is 29.3 Å². The van der Waals surface area contributed by atoms with Crippen molar-refractivity contribution in [2.45, 2.75) is 25.2 Å². The monoisotopic (exact) mass is 432 g/mol. The molecule has 2 amide bonds. The maximum atomic E-state index is 12.5.